The van der Waals surface area contributed by atoms with Gasteiger partial charge in [-0.3, -0.25) is 5.32 Å². The SMILES string of the molecule is Cc1ccc(-n2nc(C(C)C)cc2NC(N)=O)cc1. The second-order valence-corrected chi connectivity index (χ2v) is 4.85. The summed E-state index contributed by atoms with van der Waals surface area (Å²) in [6.45, 7) is 6.13. The van der Waals surface area contributed by atoms with Gasteiger partial charge < -0.3 is 5.73 Å². The highest BCUT2D eigenvalue weighted by atomic mass is 16.2. The molecule has 0 aliphatic rings. The fourth-order valence-electron chi connectivity index (χ4n) is 1.78. The Hall–Kier alpha value is -2.30. The molecule has 1 aromatic heterocycles. The standard InChI is InChI=1S/C14H18N4O/c1-9(2)12-8-13(16-14(15)19)18(17-12)11-6-4-10(3)5-7-11/h4-9H,1-3H3,(H3,15,16,19). The highest BCUT2D eigenvalue weighted by Crippen LogP contribution is 2.22. The van der Waals surface area contributed by atoms with Crippen molar-refractivity contribution in [1.82, 2.24) is 9.78 Å². The summed E-state index contributed by atoms with van der Waals surface area (Å²) in [5.74, 6) is 0.861. The number of carbonyl (C=O) groups is 1. The first-order chi connectivity index (χ1) is 8.97. The Morgan fingerprint density at radius 3 is 2.47 bits per heavy atom. The molecular weight excluding hydrogens is 240 g/mol. The van der Waals surface area contributed by atoms with Crippen molar-refractivity contribution in [2.24, 2.45) is 5.73 Å². The first-order valence-electron chi connectivity index (χ1n) is 6.21. The zero-order valence-corrected chi connectivity index (χ0v) is 11.3. The molecule has 1 aromatic carbocycles. The predicted molar refractivity (Wildman–Crippen MR) is 75.6 cm³/mol. The van der Waals surface area contributed by atoms with E-state index >= 15 is 0 Å². The largest absolute Gasteiger partial charge is 0.351 e. The number of hydrogen-bond donors (Lipinski definition) is 2. The molecule has 0 unspecified atom stereocenters. The van der Waals surface area contributed by atoms with Crippen molar-refractivity contribution in [3.05, 3.63) is 41.6 Å². The Balaban J connectivity index is 2.47. The summed E-state index contributed by atoms with van der Waals surface area (Å²) in [6, 6.07) is 9.16. The minimum atomic E-state index is -0.594. The molecule has 0 fully saturated rings. The van der Waals surface area contributed by atoms with Crippen LogP contribution in [0, 0.1) is 6.92 Å². The van der Waals surface area contributed by atoms with Crippen molar-refractivity contribution in [3.63, 3.8) is 0 Å². The van der Waals surface area contributed by atoms with Gasteiger partial charge in [0.1, 0.15) is 5.82 Å². The number of aromatic nitrogens is 2. The lowest BCUT2D eigenvalue weighted by atomic mass is 10.1. The predicted octanol–water partition coefficient (Wildman–Crippen LogP) is 2.79. The van der Waals surface area contributed by atoms with E-state index in [1.165, 1.54) is 5.56 Å². The van der Waals surface area contributed by atoms with E-state index in [0.29, 0.717) is 5.82 Å². The fraction of sp³-hybridized carbons (Fsp3) is 0.286. The van der Waals surface area contributed by atoms with Crippen molar-refractivity contribution >= 4 is 11.8 Å². The third-order valence-electron chi connectivity index (χ3n) is 2.85. The minimum absolute atomic E-state index is 0.278. The zero-order chi connectivity index (χ0) is 14.0. The van der Waals surface area contributed by atoms with E-state index in [4.69, 9.17) is 5.73 Å². The van der Waals surface area contributed by atoms with Crippen LogP contribution in [0.3, 0.4) is 0 Å². The molecule has 100 valence electrons. The molecule has 0 saturated carbocycles. The number of nitrogens with two attached hydrogens (primary N) is 1. The van der Waals surface area contributed by atoms with Crippen LogP contribution in [0.2, 0.25) is 0 Å². The number of urea groups is 1. The van der Waals surface area contributed by atoms with E-state index in [0.717, 1.165) is 11.4 Å². The van der Waals surface area contributed by atoms with E-state index in [2.05, 4.69) is 24.3 Å². The van der Waals surface area contributed by atoms with Gasteiger partial charge in [0, 0.05) is 6.07 Å². The lowest BCUT2D eigenvalue weighted by Gasteiger charge is -2.07. The number of carbonyl (C=O) groups excluding carboxylic acids is 1. The maximum atomic E-state index is 11.1. The summed E-state index contributed by atoms with van der Waals surface area (Å²) >= 11 is 0. The highest BCUT2D eigenvalue weighted by Gasteiger charge is 2.13. The molecule has 0 radical (unpaired) electrons. The smallest absolute Gasteiger partial charge is 0.317 e. The number of amides is 2. The average Bonchev–Trinajstić information content (AvgIpc) is 2.73. The van der Waals surface area contributed by atoms with Gasteiger partial charge in [-0.1, -0.05) is 31.5 Å². The molecule has 0 saturated heterocycles. The molecule has 1 heterocycles. The van der Waals surface area contributed by atoms with Crippen molar-refractivity contribution in [3.8, 4) is 5.69 Å². The van der Waals surface area contributed by atoms with Gasteiger partial charge in [0.05, 0.1) is 11.4 Å². The van der Waals surface area contributed by atoms with E-state index in [-0.39, 0.29) is 5.92 Å². The summed E-state index contributed by atoms with van der Waals surface area (Å²) in [7, 11) is 0. The van der Waals surface area contributed by atoms with Crippen LogP contribution in [0.4, 0.5) is 10.6 Å². The third kappa shape index (κ3) is 2.93. The molecule has 0 aliphatic heterocycles. The number of rotatable bonds is 3. The van der Waals surface area contributed by atoms with Gasteiger partial charge in [-0.05, 0) is 25.0 Å². The quantitative estimate of drug-likeness (QED) is 0.888. The normalized spacial score (nSPS) is 10.7. The van der Waals surface area contributed by atoms with Crippen LogP contribution in [0.1, 0.15) is 31.0 Å². The van der Waals surface area contributed by atoms with Crippen LogP contribution in [0.15, 0.2) is 30.3 Å². The molecule has 5 heteroatoms. The Morgan fingerprint density at radius 1 is 1.32 bits per heavy atom. The monoisotopic (exact) mass is 258 g/mol. The molecule has 2 amide bonds. The number of nitrogens with zero attached hydrogens (tertiary/aromatic N) is 2. The minimum Gasteiger partial charge on any atom is -0.351 e. The van der Waals surface area contributed by atoms with Gasteiger partial charge in [0.25, 0.3) is 0 Å². The van der Waals surface area contributed by atoms with Gasteiger partial charge in [0.2, 0.25) is 0 Å². The molecule has 0 atom stereocenters. The van der Waals surface area contributed by atoms with E-state index in [9.17, 15) is 4.79 Å². The maximum Gasteiger partial charge on any atom is 0.317 e. The first-order valence-corrected chi connectivity index (χ1v) is 6.21. The molecule has 2 rings (SSSR count). The molecule has 0 aliphatic carbocycles. The van der Waals surface area contributed by atoms with Crippen molar-refractivity contribution in [2.75, 3.05) is 5.32 Å². The first kappa shape index (κ1) is 13.1. The lowest BCUT2D eigenvalue weighted by Crippen LogP contribution is -2.21. The van der Waals surface area contributed by atoms with Crippen molar-refractivity contribution < 1.29 is 4.79 Å². The number of primary amides is 1. The second-order valence-electron chi connectivity index (χ2n) is 4.85. The van der Waals surface area contributed by atoms with Crippen LogP contribution in [-0.2, 0) is 0 Å². The Bertz CT molecular complexity index is 584. The van der Waals surface area contributed by atoms with Crippen molar-refractivity contribution in [2.45, 2.75) is 26.7 Å². The molecule has 3 N–H and O–H groups in total. The summed E-state index contributed by atoms with van der Waals surface area (Å²) in [4.78, 5) is 11.1. The van der Waals surface area contributed by atoms with E-state index < -0.39 is 6.03 Å². The van der Waals surface area contributed by atoms with Gasteiger partial charge in [-0.2, -0.15) is 5.10 Å². The van der Waals surface area contributed by atoms with Crippen LogP contribution in [0.5, 0.6) is 0 Å². The van der Waals surface area contributed by atoms with Crippen LogP contribution < -0.4 is 11.1 Å². The summed E-state index contributed by atoms with van der Waals surface area (Å²) < 4.78 is 1.69. The van der Waals surface area contributed by atoms with Gasteiger partial charge in [0.15, 0.2) is 0 Å². The number of aryl methyl sites for hydroxylation is 1. The third-order valence-corrected chi connectivity index (χ3v) is 2.85. The van der Waals surface area contributed by atoms with Crippen LogP contribution in [0.25, 0.3) is 5.69 Å². The van der Waals surface area contributed by atoms with Crippen LogP contribution in [-0.4, -0.2) is 15.8 Å². The van der Waals surface area contributed by atoms with E-state index in [1.807, 2.05) is 37.3 Å². The van der Waals surface area contributed by atoms with E-state index in [1.54, 1.807) is 4.68 Å². The summed E-state index contributed by atoms with van der Waals surface area (Å²) in [5, 5.41) is 7.11. The Morgan fingerprint density at radius 2 is 1.95 bits per heavy atom. The molecule has 0 spiro atoms. The lowest BCUT2D eigenvalue weighted by molar-refractivity contribution is 0.259. The maximum absolute atomic E-state index is 11.1. The molecule has 0 bridgehead atoms. The Labute approximate surface area is 112 Å². The number of anilines is 1. The van der Waals surface area contributed by atoms with Crippen LogP contribution >= 0.6 is 0 Å². The van der Waals surface area contributed by atoms with Gasteiger partial charge in [-0.25, -0.2) is 9.48 Å². The second kappa shape index (κ2) is 5.14. The molecule has 5 nitrogen and oxygen atoms in total. The Kier molecular flexibility index (Phi) is 3.55. The molecular formula is C14H18N4O. The zero-order valence-electron chi connectivity index (χ0n) is 11.3. The van der Waals surface area contributed by atoms with Crippen molar-refractivity contribution in [1.29, 1.82) is 0 Å². The number of benzene rings is 1. The number of nitrogens with one attached hydrogen (secondary N) is 1. The summed E-state index contributed by atoms with van der Waals surface area (Å²) in [6.07, 6.45) is 0. The highest BCUT2D eigenvalue weighted by molar-refractivity contribution is 5.87. The fourth-order valence-corrected chi connectivity index (χ4v) is 1.78. The molecule has 2 aromatic rings. The average molecular weight is 258 g/mol. The van der Waals surface area contributed by atoms with Gasteiger partial charge >= 0.3 is 6.03 Å². The summed E-state index contributed by atoms with van der Waals surface area (Å²) in [5.41, 5.74) is 8.16. The topological polar surface area (TPSA) is 72.9 Å². The number of hydrogen-bond acceptors (Lipinski definition) is 2. The van der Waals surface area contributed by atoms with Gasteiger partial charge in [-0.15, -0.1) is 0 Å². The molecule has 19 heavy (non-hydrogen) atoms.